The van der Waals surface area contributed by atoms with E-state index in [0.717, 1.165) is 22.0 Å². The Hall–Kier alpha value is -4.13. The van der Waals surface area contributed by atoms with Crippen LogP contribution in [0.5, 0.6) is 11.5 Å². The molecule has 10 nitrogen and oxygen atoms in total. The van der Waals surface area contributed by atoms with Crippen LogP contribution in [0.15, 0.2) is 82.8 Å². The van der Waals surface area contributed by atoms with Gasteiger partial charge in [0, 0.05) is 23.7 Å². The van der Waals surface area contributed by atoms with Gasteiger partial charge >= 0.3 is 0 Å². The van der Waals surface area contributed by atoms with Crippen LogP contribution < -0.4 is 19.5 Å². The molecule has 12 heteroatoms. The molecule has 5 aromatic rings. The van der Waals surface area contributed by atoms with Crippen LogP contribution in [0.4, 0.5) is 5.69 Å². The van der Waals surface area contributed by atoms with E-state index in [2.05, 4.69) is 20.2 Å². The van der Waals surface area contributed by atoms with Crippen LogP contribution in [-0.4, -0.2) is 47.9 Å². The number of carbonyl (C=O) groups is 1. The maximum atomic E-state index is 12.8. The summed E-state index contributed by atoms with van der Waals surface area (Å²) < 4.78 is 41.3. The molecule has 1 amide bonds. The Labute approximate surface area is 234 Å². The lowest BCUT2D eigenvalue weighted by atomic mass is 10.1. The van der Waals surface area contributed by atoms with Crippen LogP contribution >= 0.6 is 11.8 Å². The molecule has 3 aromatic carbocycles. The van der Waals surface area contributed by atoms with Gasteiger partial charge in [-0.2, -0.15) is 0 Å². The van der Waals surface area contributed by atoms with Crippen molar-refractivity contribution in [3.05, 3.63) is 83.9 Å². The standard InChI is InChI=1S/C28H25N5O5S2/c1-18-13-20-14-24-25(38-12-11-37-24)15-23(20)33-27(18)31-32-28(33)39-17-26(34)30-21-7-9-22(10-8-21)40(35,36)29-16-19-5-3-2-4-6-19/h2-10,13-15,29H,11-12,16-17H2,1H3,(H,30,34). The molecular weight excluding hydrogens is 550 g/mol. The van der Waals surface area contributed by atoms with Gasteiger partial charge in [-0.05, 0) is 54.4 Å². The normalized spacial score (nSPS) is 13.0. The van der Waals surface area contributed by atoms with Gasteiger partial charge in [0.15, 0.2) is 22.3 Å². The van der Waals surface area contributed by atoms with Crippen molar-refractivity contribution in [2.45, 2.75) is 23.5 Å². The Morgan fingerprint density at radius 2 is 1.70 bits per heavy atom. The number of hydrogen-bond acceptors (Lipinski definition) is 8. The molecule has 2 N–H and O–H groups in total. The van der Waals surface area contributed by atoms with Crippen molar-refractivity contribution in [1.82, 2.24) is 19.3 Å². The molecule has 0 unspecified atom stereocenters. The van der Waals surface area contributed by atoms with E-state index in [1.165, 1.54) is 23.9 Å². The van der Waals surface area contributed by atoms with Crippen LogP contribution in [0.25, 0.3) is 16.6 Å². The number of sulfonamides is 1. The maximum absolute atomic E-state index is 12.8. The molecule has 0 saturated heterocycles. The summed E-state index contributed by atoms with van der Waals surface area (Å²) in [5, 5.41) is 13.0. The summed E-state index contributed by atoms with van der Waals surface area (Å²) in [5.41, 5.74) is 3.85. The van der Waals surface area contributed by atoms with E-state index in [9.17, 15) is 13.2 Å². The SMILES string of the molecule is Cc1cc2cc3c(cc2n2c(SCC(=O)Nc4ccc(S(=O)(=O)NCc5ccccc5)cc4)nnc12)OCCO3. The van der Waals surface area contributed by atoms with Crippen LogP contribution in [-0.2, 0) is 21.4 Å². The highest BCUT2D eigenvalue weighted by Gasteiger charge is 2.19. The molecule has 204 valence electrons. The fourth-order valence-electron chi connectivity index (χ4n) is 4.44. The molecule has 0 radical (unpaired) electrons. The third-order valence-electron chi connectivity index (χ3n) is 6.38. The molecule has 3 heterocycles. The van der Waals surface area contributed by atoms with Crippen molar-refractivity contribution >= 4 is 49.9 Å². The number of anilines is 1. The lowest BCUT2D eigenvalue weighted by Gasteiger charge is -2.19. The number of benzene rings is 3. The van der Waals surface area contributed by atoms with Crippen LogP contribution in [0.1, 0.15) is 11.1 Å². The number of nitrogens with zero attached hydrogens (tertiary/aromatic N) is 3. The van der Waals surface area contributed by atoms with Gasteiger partial charge in [-0.3, -0.25) is 9.20 Å². The summed E-state index contributed by atoms with van der Waals surface area (Å²) in [5.74, 6) is 1.18. The summed E-state index contributed by atoms with van der Waals surface area (Å²) in [6, 6.07) is 21.2. The molecule has 40 heavy (non-hydrogen) atoms. The first-order chi connectivity index (χ1) is 19.4. The minimum Gasteiger partial charge on any atom is -0.486 e. The van der Waals surface area contributed by atoms with E-state index in [1.807, 2.05) is 59.9 Å². The van der Waals surface area contributed by atoms with E-state index in [0.29, 0.717) is 41.2 Å². The second-order valence-corrected chi connectivity index (χ2v) is 11.9. The number of carbonyl (C=O) groups excluding carboxylic acids is 1. The fourth-order valence-corrected chi connectivity index (χ4v) is 6.20. The van der Waals surface area contributed by atoms with Crippen LogP contribution in [0.3, 0.4) is 0 Å². The molecule has 6 rings (SSSR count). The number of thioether (sulfide) groups is 1. The van der Waals surface area contributed by atoms with E-state index < -0.39 is 10.0 Å². The van der Waals surface area contributed by atoms with Gasteiger partial charge in [-0.15, -0.1) is 10.2 Å². The minimum atomic E-state index is -3.69. The second-order valence-electron chi connectivity index (χ2n) is 9.20. The highest BCUT2D eigenvalue weighted by Crippen LogP contribution is 2.36. The molecule has 1 aliphatic rings. The third kappa shape index (κ3) is 5.33. The van der Waals surface area contributed by atoms with Crippen LogP contribution in [0.2, 0.25) is 0 Å². The maximum Gasteiger partial charge on any atom is 0.240 e. The largest absolute Gasteiger partial charge is 0.486 e. The van der Waals surface area contributed by atoms with Crippen molar-refractivity contribution in [3.8, 4) is 11.5 Å². The summed E-state index contributed by atoms with van der Waals surface area (Å²) in [4.78, 5) is 12.9. The highest BCUT2D eigenvalue weighted by molar-refractivity contribution is 7.99. The number of amides is 1. The van der Waals surface area contributed by atoms with Crippen molar-refractivity contribution in [3.63, 3.8) is 0 Å². The Morgan fingerprint density at radius 3 is 2.45 bits per heavy atom. The molecule has 0 atom stereocenters. The second kappa shape index (κ2) is 10.8. The lowest BCUT2D eigenvalue weighted by molar-refractivity contribution is -0.113. The zero-order chi connectivity index (χ0) is 27.7. The van der Waals surface area contributed by atoms with Crippen molar-refractivity contribution < 1.29 is 22.7 Å². The fraction of sp³-hybridized carbons (Fsp3) is 0.179. The number of aromatic nitrogens is 3. The summed E-state index contributed by atoms with van der Waals surface area (Å²) in [7, 11) is -3.69. The predicted molar refractivity (Wildman–Crippen MR) is 152 cm³/mol. The van der Waals surface area contributed by atoms with E-state index >= 15 is 0 Å². The Morgan fingerprint density at radius 1 is 0.975 bits per heavy atom. The van der Waals surface area contributed by atoms with Crippen molar-refractivity contribution in [2.24, 2.45) is 0 Å². The highest BCUT2D eigenvalue weighted by atomic mass is 32.2. The van der Waals surface area contributed by atoms with Gasteiger partial charge in [0.05, 0.1) is 16.2 Å². The average Bonchev–Trinajstić information content (AvgIpc) is 3.40. The number of fused-ring (bicyclic) bond motifs is 4. The Balaban J connectivity index is 1.13. The molecule has 1 aliphatic heterocycles. The Kier molecular flexibility index (Phi) is 7.05. The Bertz CT molecular complexity index is 1820. The van der Waals surface area contributed by atoms with Crippen molar-refractivity contribution in [1.29, 1.82) is 0 Å². The van der Waals surface area contributed by atoms with Gasteiger partial charge in [0.1, 0.15) is 13.2 Å². The molecule has 0 bridgehead atoms. The van der Waals surface area contributed by atoms with E-state index in [-0.39, 0.29) is 23.1 Å². The number of pyridine rings is 1. The first-order valence-corrected chi connectivity index (χ1v) is 15.0. The quantitative estimate of drug-likeness (QED) is 0.264. The predicted octanol–water partition coefficient (Wildman–Crippen LogP) is 4.17. The minimum absolute atomic E-state index is 0.0828. The van der Waals surface area contributed by atoms with Gasteiger partial charge < -0.3 is 14.8 Å². The number of nitrogens with one attached hydrogen (secondary N) is 2. The molecular formula is C28H25N5O5S2. The average molecular weight is 576 g/mol. The molecule has 0 spiro atoms. The summed E-state index contributed by atoms with van der Waals surface area (Å²) >= 11 is 1.26. The molecule has 0 aliphatic carbocycles. The smallest absolute Gasteiger partial charge is 0.240 e. The monoisotopic (exact) mass is 575 g/mol. The van der Waals surface area contributed by atoms with Gasteiger partial charge in [-0.1, -0.05) is 42.1 Å². The summed E-state index contributed by atoms with van der Waals surface area (Å²) in [6.07, 6.45) is 0. The van der Waals surface area contributed by atoms with E-state index in [1.54, 1.807) is 12.1 Å². The van der Waals surface area contributed by atoms with Gasteiger partial charge in [0.25, 0.3) is 0 Å². The molecule has 2 aromatic heterocycles. The molecule has 0 saturated carbocycles. The zero-order valence-electron chi connectivity index (χ0n) is 21.5. The lowest BCUT2D eigenvalue weighted by Crippen LogP contribution is -2.23. The molecule has 0 fully saturated rings. The summed E-state index contributed by atoms with van der Waals surface area (Å²) in [6.45, 7) is 3.14. The van der Waals surface area contributed by atoms with E-state index in [4.69, 9.17) is 9.47 Å². The van der Waals surface area contributed by atoms with Gasteiger partial charge in [-0.25, -0.2) is 13.1 Å². The zero-order valence-corrected chi connectivity index (χ0v) is 23.1. The number of rotatable bonds is 8. The van der Waals surface area contributed by atoms with Crippen molar-refractivity contribution in [2.75, 3.05) is 24.3 Å². The first-order valence-electron chi connectivity index (χ1n) is 12.5. The topological polar surface area (TPSA) is 124 Å². The third-order valence-corrected chi connectivity index (χ3v) is 8.73. The number of hydrogen-bond donors (Lipinski definition) is 2. The number of aryl methyl sites for hydroxylation is 1. The van der Waals surface area contributed by atoms with Gasteiger partial charge in [0.2, 0.25) is 15.9 Å². The van der Waals surface area contributed by atoms with Crippen LogP contribution in [0, 0.1) is 6.92 Å². The first kappa shape index (κ1) is 26.1. The number of ether oxygens (including phenoxy) is 2.